The highest BCUT2D eigenvalue weighted by molar-refractivity contribution is 7.09. The van der Waals surface area contributed by atoms with Crippen molar-refractivity contribution in [2.24, 2.45) is 0 Å². The Hall–Kier alpha value is -0.330. The van der Waals surface area contributed by atoms with E-state index in [0.29, 0.717) is 12.3 Å². The van der Waals surface area contributed by atoms with Crippen LogP contribution in [0.25, 0.3) is 0 Å². The molecular formula is C11H15ClF3NOS. The van der Waals surface area contributed by atoms with E-state index < -0.39 is 12.3 Å². The van der Waals surface area contributed by atoms with Crippen LogP contribution in [0, 0.1) is 0 Å². The summed E-state index contributed by atoms with van der Waals surface area (Å²) in [6.45, 7) is 1.14. The van der Waals surface area contributed by atoms with E-state index in [2.05, 4.69) is 4.98 Å². The van der Waals surface area contributed by atoms with Gasteiger partial charge in [-0.1, -0.05) is 0 Å². The topological polar surface area (TPSA) is 22.1 Å². The lowest BCUT2D eigenvalue weighted by Gasteiger charge is -2.15. The molecule has 0 amide bonds. The van der Waals surface area contributed by atoms with Gasteiger partial charge in [-0.25, -0.2) is 4.98 Å². The fraction of sp³-hybridized carbons (Fsp3) is 0.727. The predicted octanol–water partition coefficient (Wildman–Crippen LogP) is 4.17. The molecule has 18 heavy (non-hydrogen) atoms. The molecule has 0 aliphatic heterocycles. The minimum absolute atomic E-state index is 0.119. The number of thiazole rings is 1. The Bertz CT molecular complexity index is 356. The predicted molar refractivity (Wildman–Crippen MR) is 66.1 cm³/mol. The summed E-state index contributed by atoms with van der Waals surface area (Å²) in [4.78, 5) is 4.27. The van der Waals surface area contributed by atoms with E-state index >= 15 is 0 Å². The Labute approximate surface area is 113 Å². The van der Waals surface area contributed by atoms with Crippen LogP contribution in [0.2, 0.25) is 0 Å². The van der Waals surface area contributed by atoms with Gasteiger partial charge in [-0.15, -0.1) is 22.9 Å². The Kier molecular flexibility index (Phi) is 6.38. The zero-order chi connectivity index (χ0) is 13.6. The van der Waals surface area contributed by atoms with E-state index in [1.165, 1.54) is 11.3 Å². The highest BCUT2D eigenvalue weighted by Gasteiger charge is 2.36. The van der Waals surface area contributed by atoms with Crippen molar-refractivity contribution in [3.8, 4) is 0 Å². The number of rotatable bonds is 7. The average Bonchev–Trinajstić information content (AvgIpc) is 2.75. The summed E-state index contributed by atoms with van der Waals surface area (Å²) in [5.74, 6) is 0.392. The first-order valence-corrected chi connectivity index (χ1v) is 7.02. The molecule has 0 saturated carbocycles. The zero-order valence-electron chi connectivity index (χ0n) is 9.97. The molecule has 0 spiro atoms. The van der Waals surface area contributed by atoms with Gasteiger partial charge < -0.3 is 4.74 Å². The first-order valence-electron chi connectivity index (χ1n) is 5.61. The van der Waals surface area contributed by atoms with E-state index in [4.69, 9.17) is 16.3 Å². The molecule has 0 radical (unpaired) electrons. The molecule has 0 aromatic carbocycles. The summed E-state index contributed by atoms with van der Waals surface area (Å²) in [5.41, 5.74) is 0.846. The molecule has 0 saturated heterocycles. The van der Waals surface area contributed by atoms with E-state index in [1.54, 1.807) is 0 Å². The van der Waals surface area contributed by atoms with Gasteiger partial charge in [-0.2, -0.15) is 13.2 Å². The molecular weight excluding hydrogens is 287 g/mol. The Morgan fingerprint density at radius 3 is 2.72 bits per heavy atom. The van der Waals surface area contributed by atoms with Gasteiger partial charge in [0.15, 0.2) is 6.10 Å². The lowest BCUT2D eigenvalue weighted by molar-refractivity contribution is -0.214. The molecule has 1 aromatic rings. The van der Waals surface area contributed by atoms with Crippen LogP contribution in [0.1, 0.15) is 30.5 Å². The number of aromatic nitrogens is 1. The number of hydrogen-bond acceptors (Lipinski definition) is 3. The largest absolute Gasteiger partial charge is 0.414 e. The molecule has 1 aromatic heterocycles. The van der Waals surface area contributed by atoms with Crippen LogP contribution in [0.4, 0.5) is 13.2 Å². The number of aryl methyl sites for hydroxylation is 1. The van der Waals surface area contributed by atoms with Gasteiger partial charge >= 0.3 is 6.18 Å². The number of nitrogens with zero attached hydrogens (tertiary/aromatic N) is 1. The summed E-state index contributed by atoms with van der Waals surface area (Å²) in [6.07, 6.45) is -3.86. The number of alkyl halides is 4. The third kappa shape index (κ3) is 5.54. The second kappa shape index (κ2) is 7.31. The molecule has 1 unspecified atom stereocenters. The standard InChI is InChI=1S/C11H15ClF3NOS/c1-8(11(13,14)15)17-5-3-2-4-10-16-9(6-12)7-18-10/h7-8H,2-6H2,1H3. The summed E-state index contributed by atoms with van der Waals surface area (Å²) < 4.78 is 41.1. The minimum atomic E-state index is -4.27. The van der Waals surface area contributed by atoms with Crippen LogP contribution in [0.15, 0.2) is 5.38 Å². The molecule has 7 heteroatoms. The number of hydrogen-bond donors (Lipinski definition) is 0. The van der Waals surface area contributed by atoms with Crippen molar-refractivity contribution in [3.05, 3.63) is 16.1 Å². The van der Waals surface area contributed by atoms with Gasteiger partial charge in [0.05, 0.1) is 16.6 Å². The van der Waals surface area contributed by atoms with Crippen LogP contribution in [0.5, 0.6) is 0 Å². The van der Waals surface area contributed by atoms with E-state index in [-0.39, 0.29) is 6.61 Å². The van der Waals surface area contributed by atoms with Crippen molar-refractivity contribution in [2.45, 2.75) is 44.3 Å². The minimum Gasteiger partial charge on any atom is -0.369 e. The summed E-state index contributed by atoms with van der Waals surface area (Å²) >= 11 is 7.15. The molecule has 0 N–H and O–H groups in total. The van der Waals surface area contributed by atoms with Gasteiger partial charge in [0.2, 0.25) is 0 Å². The van der Waals surface area contributed by atoms with E-state index in [9.17, 15) is 13.2 Å². The number of halogens is 4. The molecule has 2 nitrogen and oxygen atoms in total. The number of unbranched alkanes of at least 4 members (excludes halogenated alkanes) is 1. The van der Waals surface area contributed by atoms with Crippen LogP contribution in [-0.2, 0) is 17.0 Å². The maximum atomic E-state index is 12.1. The zero-order valence-corrected chi connectivity index (χ0v) is 11.5. The average molecular weight is 302 g/mol. The van der Waals surface area contributed by atoms with Crippen LogP contribution in [0.3, 0.4) is 0 Å². The first-order chi connectivity index (χ1) is 8.43. The van der Waals surface area contributed by atoms with Crippen molar-refractivity contribution in [2.75, 3.05) is 6.61 Å². The van der Waals surface area contributed by atoms with Gasteiger partial charge in [0.1, 0.15) is 0 Å². The summed E-state index contributed by atoms with van der Waals surface area (Å²) in [6, 6.07) is 0. The maximum absolute atomic E-state index is 12.1. The molecule has 1 heterocycles. The smallest absolute Gasteiger partial charge is 0.369 e. The summed E-state index contributed by atoms with van der Waals surface area (Å²) in [5, 5.41) is 2.86. The Morgan fingerprint density at radius 1 is 1.44 bits per heavy atom. The molecule has 0 aliphatic rings. The summed E-state index contributed by atoms with van der Waals surface area (Å²) in [7, 11) is 0. The number of ether oxygens (including phenoxy) is 1. The van der Waals surface area contributed by atoms with Gasteiger partial charge in [0, 0.05) is 12.0 Å². The van der Waals surface area contributed by atoms with Gasteiger partial charge in [-0.05, 0) is 26.2 Å². The molecule has 104 valence electrons. The second-order valence-corrected chi connectivity index (χ2v) is 5.09. The first kappa shape index (κ1) is 15.7. The van der Waals surface area contributed by atoms with Crippen LogP contribution in [-0.4, -0.2) is 23.9 Å². The Morgan fingerprint density at radius 2 is 2.17 bits per heavy atom. The maximum Gasteiger partial charge on any atom is 0.414 e. The third-order valence-corrected chi connectivity index (χ3v) is 3.58. The van der Waals surface area contributed by atoms with Gasteiger partial charge in [0.25, 0.3) is 0 Å². The van der Waals surface area contributed by atoms with E-state index in [0.717, 1.165) is 30.5 Å². The van der Waals surface area contributed by atoms with Crippen molar-refractivity contribution < 1.29 is 17.9 Å². The fourth-order valence-corrected chi connectivity index (χ4v) is 2.33. The van der Waals surface area contributed by atoms with Crippen LogP contribution < -0.4 is 0 Å². The van der Waals surface area contributed by atoms with Gasteiger partial charge in [-0.3, -0.25) is 0 Å². The molecule has 0 aliphatic carbocycles. The van der Waals surface area contributed by atoms with Crippen molar-refractivity contribution in [3.63, 3.8) is 0 Å². The second-order valence-electron chi connectivity index (χ2n) is 3.88. The lowest BCUT2D eigenvalue weighted by Crippen LogP contribution is -2.28. The molecule has 1 rings (SSSR count). The SMILES string of the molecule is CC(OCCCCc1nc(CCl)cs1)C(F)(F)F. The van der Waals surface area contributed by atoms with Crippen LogP contribution >= 0.6 is 22.9 Å². The van der Waals surface area contributed by atoms with Crippen molar-refractivity contribution in [1.29, 1.82) is 0 Å². The highest BCUT2D eigenvalue weighted by Crippen LogP contribution is 2.22. The molecule has 0 fully saturated rings. The molecule has 0 bridgehead atoms. The fourth-order valence-electron chi connectivity index (χ4n) is 1.26. The monoisotopic (exact) mass is 301 g/mol. The lowest BCUT2D eigenvalue weighted by atomic mass is 10.2. The third-order valence-electron chi connectivity index (χ3n) is 2.35. The normalized spacial score (nSPS) is 13.8. The Balaban J connectivity index is 2.12. The van der Waals surface area contributed by atoms with Crippen molar-refractivity contribution in [1.82, 2.24) is 4.98 Å². The molecule has 1 atom stereocenters. The van der Waals surface area contributed by atoms with E-state index in [1.807, 2.05) is 5.38 Å². The quantitative estimate of drug-likeness (QED) is 0.557. The highest BCUT2D eigenvalue weighted by atomic mass is 35.5. The van der Waals surface area contributed by atoms with Crippen molar-refractivity contribution >= 4 is 22.9 Å².